The predicted molar refractivity (Wildman–Crippen MR) is 95.5 cm³/mol. The van der Waals surface area contributed by atoms with Crippen molar-refractivity contribution in [2.75, 3.05) is 19.9 Å². The molecule has 1 unspecified atom stereocenters. The van der Waals surface area contributed by atoms with Crippen LogP contribution >= 0.6 is 0 Å². The number of amides is 1. The van der Waals surface area contributed by atoms with Crippen LogP contribution in [0.4, 0.5) is 0 Å². The van der Waals surface area contributed by atoms with E-state index in [1.807, 2.05) is 6.92 Å². The molecule has 0 aliphatic carbocycles. The third kappa shape index (κ3) is 4.98. The van der Waals surface area contributed by atoms with Crippen molar-refractivity contribution in [3.63, 3.8) is 0 Å². The Kier molecular flexibility index (Phi) is 7.26. The van der Waals surface area contributed by atoms with E-state index in [1.165, 1.54) is 0 Å². The van der Waals surface area contributed by atoms with Gasteiger partial charge >= 0.3 is 0 Å². The molecule has 5 nitrogen and oxygen atoms in total. The van der Waals surface area contributed by atoms with Crippen LogP contribution in [0.2, 0.25) is 0 Å². The van der Waals surface area contributed by atoms with E-state index in [1.54, 1.807) is 38.3 Å². The van der Waals surface area contributed by atoms with Gasteiger partial charge in [0.15, 0.2) is 0 Å². The van der Waals surface area contributed by atoms with E-state index in [2.05, 4.69) is 12.3 Å². The minimum atomic E-state index is -3.65. The summed E-state index contributed by atoms with van der Waals surface area (Å²) in [5.74, 6) is -0.555. The molecule has 0 saturated carbocycles. The number of sulfonamides is 1. The van der Waals surface area contributed by atoms with E-state index in [0.29, 0.717) is 23.3 Å². The lowest BCUT2D eigenvalue weighted by Gasteiger charge is -2.26. The summed E-state index contributed by atoms with van der Waals surface area (Å²) in [7, 11) is -2.09. The summed E-state index contributed by atoms with van der Waals surface area (Å²) in [6.45, 7) is 7.44. The molecular weight excluding hydrogens is 326 g/mol. The summed E-state index contributed by atoms with van der Waals surface area (Å²) < 4.78 is 30.2. The van der Waals surface area contributed by atoms with Gasteiger partial charge in [-0.3, -0.25) is 4.79 Å². The van der Waals surface area contributed by atoms with Crippen molar-refractivity contribution in [1.82, 2.24) is 4.31 Å². The number of methoxy groups -OCH3 is 1. The highest BCUT2D eigenvalue weighted by molar-refractivity contribution is 7.88. The normalized spacial score (nSPS) is 12.2. The Hall–Kier alpha value is -2.04. The molecule has 0 aromatic heterocycles. The van der Waals surface area contributed by atoms with Crippen LogP contribution in [-0.4, -0.2) is 38.5 Å². The number of carbonyl (C=O) groups is 1. The number of rotatable bonds is 8. The van der Waals surface area contributed by atoms with E-state index in [9.17, 15) is 13.2 Å². The number of unbranched alkanes of at least 4 members (excludes halogenated alkanes) is 1. The van der Waals surface area contributed by atoms with Gasteiger partial charge in [-0.25, -0.2) is 12.7 Å². The Bertz CT molecular complexity index is 716. The van der Waals surface area contributed by atoms with Crippen LogP contribution in [0.25, 0.3) is 0 Å². The number of nitrogens with zero attached hydrogens (tertiary/aromatic N) is 1. The van der Waals surface area contributed by atoms with Gasteiger partial charge in [0.1, 0.15) is 5.75 Å². The van der Waals surface area contributed by atoms with Gasteiger partial charge < -0.3 is 4.74 Å². The van der Waals surface area contributed by atoms with Crippen molar-refractivity contribution in [2.24, 2.45) is 0 Å². The van der Waals surface area contributed by atoms with Crippen LogP contribution in [0.1, 0.15) is 38.2 Å². The van der Waals surface area contributed by atoms with E-state index >= 15 is 0 Å². The zero-order valence-electron chi connectivity index (χ0n) is 14.7. The molecule has 0 aliphatic rings. The fourth-order valence-electron chi connectivity index (χ4n) is 2.36. The number of ether oxygens (including phenoxy) is 1. The zero-order chi connectivity index (χ0) is 18.3. The van der Waals surface area contributed by atoms with E-state index in [4.69, 9.17) is 4.74 Å². The first-order chi connectivity index (χ1) is 11.3. The molecule has 0 radical (unpaired) electrons. The van der Waals surface area contributed by atoms with Crippen LogP contribution in [0.15, 0.2) is 42.1 Å². The van der Waals surface area contributed by atoms with E-state index < -0.39 is 21.8 Å². The molecule has 0 aliphatic heterocycles. The number of benzene rings is 1. The molecule has 0 saturated heterocycles. The van der Waals surface area contributed by atoms with Crippen molar-refractivity contribution in [1.29, 1.82) is 0 Å². The van der Waals surface area contributed by atoms with E-state index in [-0.39, 0.29) is 6.54 Å². The second-order valence-corrected chi connectivity index (χ2v) is 7.50. The molecule has 0 N–H and O–H groups in total. The molecule has 1 rings (SSSR count). The zero-order valence-corrected chi connectivity index (χ0v) is 15.5. The number of carbonyl (C=O) groups excluding carboxylic acids is 1. The highest BCUT2D eigenvalue weighted by atomic mass is 32.2. The minimum Gasteiger partial charge on any atom is -0.497 e. The molecule has 6 heteroatoms. The first-order valence-corrected chi connectivity index (χ1v) is 9.63. The average Bonchev–Trinajstić information content (AvgIpc) is 2.54. The van der Waals surface area contributed by atoms with Crippen molar-refractivity contribution < 1.29 is 17.9 Å². The van der Waals surface area contributed by atoms with Crippen LogP contribution in [0.3, 0.4) is 0 Å². The molecule has 1 atom stereocenters. The monoisotopic (exact) mass is 351 g/mol. The largest absolute Gasteiger partial charge is 0.497 e. The molecule has 0 heterocycles. The summed E-state index contributed by atoms with van der Waals surface area (Å²) in [5, 5.41) is 0. The SMILES string of the molecule is C=C=C(C)C(C(=O)N(CCCC)S(C)(=O)=O)c1ccc(OC)cc1. The number of hydrogen-bond donors (Lipinski definition) is 0. The maximum absolute atomic E-state index is 13.0. The van der Waals surface area contributed by atoms with Gasteiger partial charge in [0.2, 0.25) is 15.9 Å². The molecule has 132 valence electrons. The third-order valence-corrected chi connectivity index (χ3v) is 4.93. The fourth-order valence-corrected chi connectivity index (χ4v) is 3.25. The standard InChI is InChI=1S/C18H25NO4S/c1-6-8-13-19(24(5,21)22)18(20)17(14(3)7-2)15-9-11-16(23-4)12-10-15/h9-12,17H,2,6,8,13H2,1,3-5H3. The van der Waals surface area contributed by atoms with E-state index in [0.717, 1.165) is 17.0 Å². The highest BCUT2D eigenvalue weighted by Gasteiger charge is 2.32. The lowest BCUT2D eigenvalue weighted by molar-refractivity contribution is -0.127. The fraction of sp³-hybridized carbons (Fsp3) is 0.444. The topological polar surface area (TPSA) is 63.7 Å². The van der Waals surface area contributed by atoms with Gasteiger partial charge in [-0.1, -0.05) is 32.1 Å². The van der Waals surface area contributed by atoms with Crippen LogP contribution in [-0.2, 0) is 14.8 Å². The van der Waals surface area contributed by atoms with Gasteiger partial charge in [-0.2, -0.15) is 0 Å². The van der Waals surface area contributed by atoms with Gasteiger partial charge in [0.25, 0.3) is 0 Å². The molecule has 1 aromatic carbocycles. The van der Waals surface area contributed by atoms with Crippen LogP contribution < -0.4 is 4.74 Å². The highest BCUT2D eigenvalue weighted by Crippen LogP contribution is 2.28. The maximum Gasteiger partial charge on any atom is 0.248 e. The molecule has 0 fully saturated rings. The van der Waals surface area contributed by atoms with Gasteiger partial charge in [-0.15, -0.1) is 5.73 Å². The molecule has 24 heavy (non-hydrogen) atoms. The Labute approximate surface area is 144 Å². The van der Waals surface area contributed by atoms with Crippen LogP contribution in [0, 0.1) is 0 Å². The smallest absolute Gasteiger partial charge is 0.248 e. The molecule has 1 amide bonds. The second-order valence-electron chi connectivity index (χ2n) is 5.59. The molecule has 0 spiro atoms. The quantitative estimate of drug-likeness (QED) is 0.675. The lowest BCUT2D eigenvalue weighted by Crippen LogP contribution is -2.40. The summed E-state index contributed by atoms with van der Waals surface area (Å²) >= 11 is 0. The van der Waals surface area contributed by atoms with Crippen LogP contribution in [0.5, 0.6) is 5.75 Å². The summed E-state index contributed by atoms with van der Waals surface area (Å²) in [6.07, 6.45) is 2.46. The Morgan fingerprint density at radius 1 is 1.33 bits per heavy atom. The van der Waals surface area contributed by atoms with Gasteiger partial charge in [-0.05, 0) is 36.6 Å². The number of hydrogen-bond acceptors (Lipinski definition) is 4. The first-order valence-electron chi connectivity index (χ1n) is 7.78. The Morgan fingerprint density at radius 2 is 1.92 bits per heavy atom. The summed E-state index contributed by atoms with van der Waals surface area (Å²) in [6, 6.07) is 6.98. The summed E-state index contributed by atoms with van der Waals surface area (Å²) in [4.78, 5) is 13.0. The molecule has 1 aromatic rings. The molecular formula is C18H25NO4S. The lowest BCUT2D eigenvalue weighted by atomic mass is 9.91. The predicted octanol–water partition coefficient (Wildman–Crippen LogP) is 3.10. The van der Waals surface area contributed by atoms with Gasteiger partial charge in [0.05, 0.1) is 19.3 Å². The van der Waals surface area contributed by atoms with Crippen molar-refractivity contribution in [3.8, 4) is 5.75 Å². The van der Waals surface area contributed by atoms with Crippen molar-refractivity contribution in [3.05, 3.63) is 47.7 Å². The third-order valence-electron chi connectivity index (χ3n) is 3.77. The van der Waals surface area contributed by atoms with Crippen molar-refractivity contribution >= 4 is 15.9 Å². The Morgan fingerprint density at radius 3 is 2.33 bits per heavy atom. The first kappa shape index (κ1) is 20.0. The second kappa shape index (κ2) is 8.71. The maximum atomic E-state index is 13.0. The molecule has 0 bridgehead atoms. The van der Waals surface area contributed by atoms with Gasteiger partial charge in [0, 0.05) is 6.54 Å². The minimum absolute atomic E-state index is 0.172. The Balaban J connectivity index is 3.31. The average molecular weight is 351 g/mol. The summed E-state index contributed by atoms with van der Waals surface area (Å²) in [5.41, 5.74) is 3.99. The van der Waals surface area contributed by atoms with Crippen molar-refractivity contribution in [2.45, 2.75) is 32.6 Å².